The number of benzene rings is 2. The lowest BCUT2D eigenvalue weighted by Crippen LogP contribution is -2.41. The van der Waals surface area contributed by atoms with E-state index in [0.29, 0.717) is 30.2 Å². The van der Waals surface area contributed by atoms with Crippen LogP contribution in [0.15, 0.2) is 48.5 Å². The van der Waals surface area contributed by atoms with Gasteiger partial charge in [0.1, 0.15) is 5.75 Å². The predicted octanol–water partition coefficient (Wildman–Crippen LogP) is 2.08. The van der Waals surface area contributed by atoms with E-state index in [9.17, 15) is 14.4 Å². The maximum Gasteiger partial charge on any atom is 0.265 e. The number of nitrogens with one attached hydrogen (secondary N) is 2. The summed E-state index contributed by atoms with van der Waals surface area (Å²) in [6.07, 6.45) is 0.198. The monoisotopic (exact) mass is 367 g/mol. The van der Waals surface area contributed by atoms with Crippen molar-refractivity contribution in [3.8, 4) is 5.75 Å². The molecule has 1 aliphatic heterocycles. The summed E-state index contributed by atoms with van der Waals surface area (Å²) in [6, 6.07) is 14.5. The number of fused-ring (bicyclic) bond motifs is 1. The van der Waals surface area contributed by atoms with Gasteiger partial charge >= 0.3 is 0 Å². The molecule has 3 rings (SSSR count). The minimum atomic E-state index is -0.157. The lowest BCUT2D eigenvalue weighted by Gasteiger charge is -2.29. The normalized spacial score (nSPS) is 12.8. The van der Waals surface area contributed by atoms with Crippen molar-refractivity contribution in [2.45, 2.75) is 19.9 Å². The largest absolute Gasteiger partial charge is 0.482 e. The molecule has 0 atom stereocenters. The van der Waals surface area contributed by atoms with E-state index in [-0.39, 0.29) is 30.7 Å². The number of nitrogens with zero attached hydrogens (tertiary/aromatic N) is 1. The number of para-hydroxylation sites is 2. The van der Waals surface area contributed by atoms with E-state index >= 15 is 0 Å². The SMILES string of the molecule is CC(=O)Nc1ccc(CNC(=O)CCN2C(=O)COc3ccccc32)cc1. The number of carbonyl (C=O) groups excluding carboxylic acids is 3. The maximum atomic E-state index is 12.2. The number of amides is 3. The Morgan fingerprint density at radius 2 is 1.85 bits per heavy atom. The smallest absolute Gasteiger partial charge is 0.265 e. The molecular formula is C20H21N3O4. The standard InChI is InChI=1S/C20H21N3O4/c1-14(24)22-16-8-6-15(7-9-16)12-21-19(25)10-11-23-17-4-2-3-5-18(17)27-13-20(23)26/h2-9H,10-13H2,1H3,(H,21,25)(H,22,24). The van der Waals surface area contributed by atoms with E-state index in [1.54, 1.807) is 29.2 Å². The summed E-state index contributed by atoms with van der Waals surface area (Å²) in [5.74, 6) is 0.222. The van der Waals surface area contributed by atoms with E-state index in [2.05, 4.69) is 10.6 Å². The molecule has 2 aromatic rings. The van der Waals surface area contributed by atoms with Crippen molar-refractivity contribution in [1.29, 1.82) is 0 Å². The van der Waals surface area contributed by atoms with Crippen LogP contribution in [-0.2, 0) is 20.9 Å². The van der Waals surface area contributed by atoms with Crippen LogP contribution >= 0.6 is 0 Å². The molecule has 0 aliphatic carbocycles. The van der Waals surface area contributed by atoms with Gasteiger partial charge in [-0.15, -0.1) is 0 Å². The highest BCUT2D eigenvalue weighted by Crippen LogP contribution is 2.31. The minimum Gasteiger partial charge on any atom is -0.482 e. The fraction of sp³-hybridized carbons (Fsp3) is 0.250. The quantitative estimate of drug-likeness (QED) is 0.818. The molecule has 7 nitrogen and oxygen atoms in total. The molecule has 0 aromatic heterocycles. The number of ether oxygens (including phenoxy) is 1. The van der Waals surface area contributed by atoms with Crippen molar-refractivity contribution in [1.82, 2.24) is 5.32 Å². The van der Waals surface area contributed by atoms with Gasteiger partial charge in [0.15, 0.2) is 6.61 Å². The number of rotatable bonds is 6. The van der Waals surface area contributed by atoms with Crippen LogP contribution < -0.4 is 20.3 Å². The van der Waals surface area contributed by atoms with Crippen molar-refractivity contribution in [3.63, 3.8) is 0 Å². The van der Waals surface area contributed by atoms with Gasteiger partial charge in [0.25, 0.3) is 5.91 Å². The van der Waals surface area contributed by atoms with Crippen LogP contribution in [0.2, 0.25) is 0 Å². The number of anilines is 2. The summed E-state index contributed by atoms with van der Waals surface area (Å²) in [5.41, 5.74) is 2.32. The molecule has 140 valence electrons. The molecule has 0 saturated heterocycles. The third-order valence-electron chi connectivity index (χ3n) is 4.13. The second-order valence-electron chi connectivity index (χ2n) is 6.21. The molecule has 0 bridgehead atoms. The average molecular weight is 367 g/mol. The molecule has 0 unspecified atom stereocenters. The van der Waals surface area contributed by atoms with Crippen LogP contribution in [0.4, 0.5) is 11.4 Å². The van der Waals surface area contributed by atoms with Gasteiger partial charge in [0, 0.05) is 32.1 Å². The average Bonchev–Trinajstić information content (AvgIpc) is 2.66. The summed E-state index contributed by atoms with van der Waals surface area (Å²) in [5, 5.41) is 5.53. The van der Waals surface area contributed by atoms with Gasteiger partial charge in [-0.3, -0.25) is 14.4 Å². The lowest BCUT2D eigenvalue weighted by atomic mass is 10.2. The molecule has 27 heavy (non-hydrogen) atoms. The summed E-state index contributed by atoms with van der Waals surface area (Å²) in [7, 11) is 0. The highest BCUT2D eigenvalue weighted by atomic mass is 16.5. The zero-order chi connectivity index (χ0) is 19.2. The fourth-order valence-electron chi connectivity index (χ4n) is 2.81. The topological polar surface area (TPSA) is 87.7 Å². The van der Waals surface area contributed by atoms with E-state index in [4.69, 9.17) is 4.74 Å². The second-order valence-corrected chi connectivity index (χ2v) is 6.21. The van der Waals surface area contributed by atoms with Crippen LogP contribution in [0.1, 0.15) is 18.9 Å². The van der Waals surface area contributed by atoms with E-state index < -0.39 is 0 Å². The molecule has 1 aliphatic rings. The Morgan fingerprint density at radius 1 is 1.11 bits per heavy atom. The van der Waals surface area contributed by atoms with Crippen LogP contribution in [0.5, 0.6) is 5.75 Å². The zero-order valence-corrected chi connectivity index (χ0v) is 15.0. The Morgan fingerprint density at radius 3 is 2.59 bits per heavy atom. The van der Waals surface area contributed by atoms with Crippen molar-refractivity contribution < 1.29 is 19.1 Å². The van der Waals surface area contributed by atoms with E-state index in [0.717, 1.165) is 5.56 Å². The van der Waals surface area contributed by atoms with Gasteiger partial charge < -0.3 is 20.3 Å². The molecule has 1 heterocycles. The van der Waals surface area contributed by atoms with Crippen molar-refractivity contribution in [2.75, 3.05) is 23.4 Å². The Hall–Kier alpha value is -3.35. The van der Waals surface area contributed by atoms with Crippen LogP contribution in [-0.4, -0.2) is 30.9 Å². The van der Waals surface area contributed by atoms with Gasteiger partial charge in [-0.25, -0.2) is 0 Å². The summed E-state index contributed by atoms with van der Waals surface area (Å²) in [6.45, 7) is 2.12. The first-order valence-electron chi connectivity index (χ1n) is 8.68. The Bertz CT molecular complexity index is 849. The molecule has 3 amide bonds. The first kappa shape index (κ1) is 18.4. The molecule has 0 spiro atoms. The van der Waals surface area contributed by atoms with Crippen molar-refractivity contribution >= 4 is 29.1 Å². The molecule has 0 fully saturated rings. The van der Waals surface area contributed by atoms with Gasteiger partial charge in [0.2, 0.25) is 11.8 Å². The third-order valence-corrected chi connectivity index (χ3v) is 4.13. The molecule has 0 saturated carbocycles. The van der Waals surface area contributed by atoms with Crippen molar-refractivity contribution in [3.05, 3.63) is 54.1 Å². The van der Waals surface area contributed by atoms with Gasteiger partial charge in [-0.05, 0) is 29.8 Å². The first-order chi connectivity index (χ1) is 13.0. The number of carbonyl (C=O) groups is 3. The minimum absolute atomic E-state index is 0.0146. The highest BCUT2D eigenvalue weighted by molar-refractivity contribution is 5.98. The third kappa shape index (κ3) is 4.84. The number of hydrogen-bond acceptors (Lipinski definition) is 4. The Balaban J connectivity index is 1.50. The van der Waals surface area contributed by atoms with Gasteiger partial charge in [0.05, 0.1) is 5.69 Å². The Labute approximate surface area is 157 Å². The summed E-state index contributed by atoms with van der Waals surface area (Å²) in [4.78, 5) is 36.8. The van der Waals surface area contributed by atoms with Gasteiger partial charge in [-0.2, -0.15) is 0 Å². The summed E-state index contributed by atoms with van der Waals surface area (Å²) < 4.78 is 5.39. The predicted molar refractivity (Wildman–Crippen MR) is 101 cm³/mol. The van der Waals surface area contributed by atoms with Crippen LogP contribution in [0.25, 0.3) is 0 Å². The fourth-order valence-corrected chi connectivity index (χ4v) is 2.81. The molecule has 7 heteroatoms. The lowest BCUT2D eigenvalue weighted by molar-refractivity contribution is -0.122. The van der Waals surface area contributed by atoms with Crippen LogP contribution in [0, 0.1) is 0 Å². The van der Waals surface area contributed by atoms with Gasteiger partial charge in [-0.1, -0.05) is 24.3 Å². The summed E-state index contributed by atoms with van der Waals surface area (Å²) >= 11 is 0. The maximum absolute atomic E-state index is 12.2. The Kier molecular flexibility index (Phi) is 5.71. The van der Waals surface area contributed by atoms with Crippen LogP contribution in [0.3, 0.4) is 0 Å². The van der Waals surface area contributed by atoms with E-state index in [1.165, 1.54) is 6.92 Å². The first-order valence-corrected chi connectivity index (χ1v) is 8.68. The highest BCUT2D eigenvalue weighted by Gasteiger charge is 2.25. The second kappa shape index (κ2) is 8.35. The number of hydrogen-bond donors (Lipinski definition) is 2. The molecular weight excluding hydrogens is 346 g/mol. The van der Waals surface area contributed by atoms with E-state index in [1.807, 2.05) is 24.3 Å². The molecule has 0 radical (unpaired) electrons. The molecule has 2 N–H and O–H groups in total. The zero-order valence-electron chi connectivity index (χ0n) is 15.0. The van der Waals surface area contributed by atoms with Crippen molar-refractivity contribution in [2.24, 2.45) is 0 Å². The molecule has 2 aromatic carbocycles.